The van der Waals surface area contributed by atoms with E-state index in [0.29, 0.717) is 24.6 Å². The van der Waals surface area contributed by atoms with Crippen molar-refractivity contribution in [2.45, 2.75) is 13.0 Å². The van der Waals surface area contributed by atoms with Crippen LogP contribution >= 0.6 is 11.3 Å². The first-order chi connectivity index (χ1) is 15.0. The molecular formula is C21H23N5O4S. The Bertz CT molecular complexity index is 1100. The Labute approximate surface area is 183 Å². The third-order valence-electron chi connectivity index (χ3n) is 5.16. The fourth-order valence-corrected chi connectivity index (χ4v) is 4.72. The molecule has 1 atom stereocenters. The summed E-state index contributed by atoms with van der Waals surface area (Å²) in [6.07, 6.45) is 4.25. The topological polar surface area (TPSA) is 109 Å². The van der Waals surface area contributed by atoms with Crippen molar-refractivity contribution in [2.24, 2.45) is 0 Å². The number of aliphatic hydroxyl groups excluding tert-OH is 1. The predicted molar refractivity (Wildman–Crippen MR) is 115 cm³/mol. The molecule has 1 saturated heterocycles. The number of rotatable bonds is 5. The molecular weight excluding hydrogens is 418 g/mol. The Morgan fingerprint density at radius 3 is 2.90 bits per heavy atom. The van der Waals surface area contributed by atoms with Crippen LogP contribution in [0.3, 0.4) is 0 Å². The number of amides is 2. The van der Waals surface area contributed by atoms with E-state index in [1.807, 2.05) is 19.1 Å². The summed E-state index contributed by atoms with van der Waals surface area (Å²) >= 11 is 1.30. The minimum Gasteiger partial charge on any atom is -0.395 e. The van der Waals surface area contributed by atoms with Crippen LogP contribution in [-0.4, -0.2) is 81.6 Å². The second-order valence-corrected chi connectivity index (χ2v) is 8.30. The summed E-state index contributed by atoms with van der Waals surface area (Å²) in [5.41, 5.74) is 1.75. The molecule has 0 aromatic carbocycles. The molecule has 2 amide bonds. The largest absolute Gasteiger partial charge is 0.395 e. The van der Waals surface area contributed by atoms with Crippen molar-refractivity contribution in [3.63, 3.8) is 0 Å². The number of aliphatic hydroxyl groups is 1. The van der Waals surface area contributed by atoms with Gasteiger partial charge in [-0.3, -0.25) is 14.6 Å². The van der Waals surface area contributed by atoms with E-state index >= 15 is 0 Å². The number of fused-ring (bicyclic) bond motifs is 1. The second-order valence-electron chi connectivity index (χ2n) is 7.30. The summed E-state index contributed by atoms with van der Waals surface area (Å²) in [4.78, 5) is 43.2. The number of hydrogen-bond donors (Lipinski definition) is 1. The van der Waals surface area contributed by atoms with Gasteiger partial charge in [0.15, 0.2) is 0 Å². The van der Waals surface area contributed by atoms with Gasteiger partial charge in [0, 0.05) is 43.5 Å². The lowest BCUT2D eigenvalue weighted by Crippen LogP contribution is -2.43. The van der Waals surface area contributed by atoms with E-state index < -0.39 is 6.10 Å². The summed E-state index contributed by atoms with van der Waals surface area (Å²) in [7, 11) is 1.65. The average molecular weight is 442 g/mol. The third-order valence-corrected chi connectivity index (χ3v) is 6.27. The Morgan fingerprint density at radius 1 is 1.32 bits per heavy atom. The standard InChI is InChI=1S/C21H23N5O4S/c1-13-10-24-15(11-23-13)20(28)26-7-9-30-16(12-26)17-14-4-3-5-22-19(14)31-18(17)21(29)25(2)6-8-27/h3-5,10-11,16,27H,6-9,12H2,1-2H3. The molecule has 31 heavy (non-hydrogen) atoms. The molecule has 0 radical (unpaired) electrons. The van der Waals surface area contributed by atoms with Gasteiger partial charge in [-0.15, -0.1) is 11.3 Å². The summed E-state index contributed by atoms with van der Waals surface area (Å²) < 4.78 is 6.03. The number of pyridine rings is 1. The highest BCUT2D eigenvalue weighted by molar-refractivity contribution is 7.20. The number of morpholine rings is 1. The molecule has 1 unspecified atom stereocenters. The first kappa shape index (κ1) is 21.3. The first-order valence-electron chi connectivity index (χ1n) is 9.93. The molecule has 1 N–H and O–H groups in total. The third kappa shape index (κ3) is 4.27. The first-order valence-corrected chi connectivity index (χ1v) is 10.7. The molecule has 1 aliphatic heterocycles. The van der Waals surface area contributed by atoms with E-state index in [2.05, 4.69) is 15.0 Å². The van der Waals surface area contributed by atoms with Crippen molar-refractivity contribution in [3.05, 3.63) is 52.6 Å². The highest BCUT2D eigenvalue weighted by Gasteiger charge is 2.33. The van der Waals surface area contributed by atoms with Gasteiger partial charge in [0.05, 0.1) is 31.6 Å². The van der Waals surface area contributed by atoms with Crippen molar-refractivity contribution in [1.82, 2.24) is 24.8 Å². The maximum absolute atomic E-state index is 13.1. The summed E-state index contributed by atoms with van der Waals surface area (Å²) in [6.45, 7) is 2.97. The number of likely N-dealkylation sites (N-methyl/N-ethyl adjacent to an activating group) is 1. The van der Waals surface area contributed by atoms with Crippen LogP contribution in [0.25, 0.3) is 10.2 Å². The van der Waals surface area contributed by atoms with Crippen LogP contribution in [0.5, 0.6) is 0 Å². The number of nitrogens with zero attached hydrogens (tertiary/aromatic N) is 5. The fraction of sp³-hybridized carbons (Fsp3) is 0.381. The van der Waals surface area contributed by atoms with Crippen molar-refractivity contribution in [3.8, 4) is 0 Å². The van der Waals surface area contributed by atoms with E-state index in [0.717, 1.165) is 21.5 Å². The predicted octanol–water partition coefficient (Wildman–Crippen LogP) is 1.67. The molecule has 162 valence electrons. The number of ether oxygens (including phenoxy) is 1. The molecule has 4 heterocycles. The molecule has 1 fully saturated rings. The van der Waals surface area contributed by atoms with Crippen LogP contribution in [-0.2, 0) is 4.74 Å². The monoisotopic (exact) mass is 441 g/mol. The molecule has 1 aliphatic rings. The lowest BCUT2D eigenvalue weighted by molar-refractivity contribution is -0.0225. The number of carbonyl (C=O) groups is 2. The maximum Gasteiger partial charge on any atom is 0.274 e. The zero-order valence-corrected chi connectivity index (χ0v) is 18.1. The SMILES string of the molecule is Cc1cnc(C(=O)N2CCOC(c3c(C(=O)N(C)CCO)sc4ncccc34)C2)cn1. The van der Waals surface area contributed by atoms with Crippen LogP contribution in [0.2, 0.25) is 0 Å². The molecule has 10 heteroatoms. The summed E-state index contributed by atoms with van der Waals surface area (Å²) in [5, 5.41) is 10.1. The zero-order chi connectivity index (χ0) is 22.0. The quantitative estimate of drug-likeness (QED) is 0.642. The Balaban J connectivity index is 1.67. The van der Waals surface area contributed by atoms with Crippen LogP contribution in [0, 0.1) is 6.92 Å². The highest BCUT2D eigenvalue weighted by Crippen LogP contribution is 2.38. The van der Waals surface area contributed by atoms with Gasteiger partial charge in [-0.2, -0.15) is 0 Å². The van der Waals surface area contributed by atoms with Gasteiger partial charge in [-0.05, 0) is 13.0 Å². The normalized spacial score (nSPS) is 16.5. The molecule has 0 saturated carbocycles. The van der Waals surface area contributed by atoms with Gasteiger partial charge in [0.25, 0.3) is 11.8 Å². The van der Waals surface area contributed by atoms with E-state index in [9.17, 15) is 14.7 Å². The average Bonchev–Trinajstić information content (AvgIpc) is 3.18. The minimum absolute atomic E-state index is 0.124. The highest BCUT2D eigenvalue weighted by atomic mass is 32.1. The fourth-order valence-electron chi connectivity index (χ4n) is 3.53. The molecule has 3 aromatic rings. The van der Waals surface area contributed by atoms with Crippen molar-refractivity contribution in [2.75, 3.05) is 39.9 Å². The van der Waals surface area contributed by atoms with Gasteiger partial charge in [0.1, 0.15) is 21.5 Å². The van der Waals surface area contributed by atoms with Crippen molar-refractivity contribution in [1.29, 1.82) is 0 Å². The van der Waals surface area contributed by atoms with E-state index in [1.54, 1.807) is 24.3 Å². The van der Waals surface area contributed by atoms with Gasteiger partial charge in [-0.1, -0.05) is 6.07 Å². The minimum atomic E-state index is -0.476. The summed E-state index contributed by atoms with van der Waals surface area (Å²) in [5.74, 6) is -0.424. The van der Waals surface area contributed by atoms with Gasteiger partial charge >= 0.3 is 0 Å². The van der Waals surface area contributed by atoms with Gasteiger partial charge in [-0.25, -0.2) is 9.97 Å². The summed E-state index contributed by atoms with van der Waals surface area (Å²) in [6, 6.07) is 3.73. The molecule has 0 bridgehead atoms. The molecule has 0 spiro atoms. The molecule has 3 aromatic heterocycles. The van der Waals surface area contributed by atoms with Gasteiger partial charge in [0.2, 0.25) is 0 Å². The number of hydrogen-bond acceptors (Lipinski definition) is 8. The maximum atomic E-state index is 13.1. The van der Waals surface area contributed by atoms with E-state index in [4.69, 9.17) is 4.74 Å². The number of thiophene rings is 1. The van der Waals surface area contributed by atoms with E-state index in [-0.39, 0.29) is 30.7 Å². The lowest BCUT2D eigenvalue weighted by Gasteiger charge is -2.33. The van der Waals surface area contributed by atoms with Gasteiger partial charge < -0.3 is 19.6 Å². The molecule has 4 rings (SSSR count). The van der Waals surface area contributed by atoms with Crippen molar-refractivity contribution < 1.29 is 19.4 Å². The Kier molecular flexibility index (Phi) is 6.21. The van der Waals surface area contributed by atoms with Crippen LogP contribution < -0.4 is 0 Å². The van der Waals surface area contributed by atoms with Crippen LogP contribution in [0.1, 0.15) is 37.5 Å². The molecule has 9 nitrogen and oxygen atoms in total. The lowest BCUT2D eigenvalue weighted by atomic mass is 10.0. The zero-order valence-electron chi connectivity index (χ0n) is 17.3. The number of carbonyl (C=O) groups excluding carboxylic acids is 2. The smallest absolute Gasteiger partial charge is 0.274 e. The second kappa shape index (κ2) is 9.04. The van der Waals surface area contributed by atoms with Crippen LogP contribution in [0.15, 0.2) is 30.7 Å². The van der Waals surface area contributed by atoms with Crippen LogP contribution in [0.4, 0.5) is 0 Å². The van der Waals surface area contributed by atoms with E-state index in [1.165, 1.54) is 22.4 Å². The number of aromatic nitrogens is 3. The Morgan fingerprint density at radius 2 is 2.16 bits per heavy atom. The van der Waals surface area contributed by atoms with Crippen molar-refractivity contribution >= 4 is 33.4 Å². The Hall–Kier alpha value is -2.95. The number of aryl methyl sites for hydroxylation is 1. The molecule has 0 aliphatic carbocycles.